The molecule has 7 nitrogen and oxygen atoms in total. The normalized spacial score (nSPS) is 11.4. The number of nitrogens with zero attached hydrogens (tertiary/aromatic N) is 3. The molecular formula is C12H17N5O2S2. The lowest BCUT2D eigenvalue weighted by Crippen LogP contribution is -2.25. The van der Waals surface area contributed by atoms with E-state index in [0.29, 0.717) is 5.88 Å². The minimum atomic E-state index is -0.170. The lowest BCUT2D eigenvalue weighted by Gasteiger charge is -2.18. The minimum absolute atomic E-state index is 0.0665. The largest absolute Gasteiger partial charge is 0.355 e. The van der Waals surface area contributed by atoms with Gasteiger partial charge in [-0.3, -0.25) is 10.1 Å². The molecule has 0 saturated carbocycles. The average molecular weight is 327 g/mol. The molecule has 0 bridgehead atoms. The Morgan fingerprint density at radius 1 is 1.43 bits per heavy atom. The second-order valence-electron chi connectivity index (χ2n) is 5.42. The predicted molar refractivity (Wildman–Crippen MR) is 83.9 cm³/mol. The van der Waals surface area contributed by atoms with E-state index in [1.807, 2.05) is 20.8 Å². The molecule has 0 spiro atoms. The molecule has 2 heterocycles. The zero-order valence-electron chi connectivity index (χ0n) is 12.3. The Labute approximate surface area is 130 Å². The first-order valence-corrected chi connectivity index (χ1v) is 8.10. The second-order valence-corrected chi connectivity index (χ2v) is 7.62. The third kappa shape index (κ3) is 5.35. The molecule has 0 radical (unpaired) electrons. The quantitative estimate of drug-likeness (QED) is 0.816. The van der Waals surface area contributed by atoms with Crippen molar-refractivity contribution in [1.82, 2.24) is 15.4 Å². The molecule has 9 heteroatoms. The van der Waals surface area contributed by atoms with E-state index >= 15 is 0 Å². The number of thioether (sulfide) groups is 1. The van der Waals surface area contributed by atoms with Crippen molar-refractivity contribution in [2.45, 2.75) is 37.6 Å². The van der Waals surface area contributed by atoms with E-state index in [2.05, 4.69) is 26.0 Å². The summed E-state index contributed by atoms with van der Waals surface area (Å²) in [6.07, 6.45) is 0. The van der Waals surface area contributed by atoms with Gasteiger partial charge in [-0.05, 0) is 27.7 Å². The van der Waals surface area contributed by atoms with Crippen LogP contribution in [0.4, 0.5) is 11.0 Å². The highest BCUT2D eigenvalue weighted by molar-refractivity contribution is 8.01. The van der Waals surface area contributed by atoms with Crippen molar-refractivity contribution in [3.8, 4) is 0 Å². The molecule has 114 valence electrons. The van der Waals surface area contributed by atoms with Crippen molar-refractivity contribution in [1.29, 1.82) is 0 Å². The van der Waals surface area contributed by atoms with Crippen LogP contribution in [0.2, 0.25) is 0 Å². The Kier molecular flexibility index (Phi) is 4.84. The van der Waals surface area contributed by atoms with Crippen molar-refractivity contribution < 1.29 is 9.32 Å². The number of hydrogen-bond donors (Lipinski definition) is 2. The maximum atomic E-state index is 11.8. The van der Waals surface area contributed by atoms with Gasteiger partial charge in [0.2, 0.25) is 16.9 Å². The summed E-state index contributed by atoms with van der Waals surface area (Å²) in [7, 11) is 0. The summed E-state index contributed by atoms with van der Waals surface area (Å²) in [6, 6.07) is 1.67. The van der Waals surface area contributed by atoms with Crippen LogP contribution in [0.25, 0.3) is 0 Å². The summed E-state index contributed by atoms with van der Waals surface area (Å²) >= 11 is 2.76. The van der Waals surface area contributed by atoms with Gasteiger partial charge >= 0.3 is 0 Å². The molecule has 21 heavy (non-hydrogen) atoms. The van der Waals surface area contributed by atoms with Gasteiger partial charge in [-0.1, -0.05) is 28.3 Å². The van der Waals surface area contributed by atoms with Gasteiger partial charge in [-0.25, -0.2) is 0 Å². The third-order valence-corrected chi connectivity index (χ3v) is 4.08. The highest BCUT2D eigenvalue weighted by Gasteiger charge is 2.14. The lowest BCUT2D eigenvalue weighted by molar-refractivity contribution is -0.113. The predicted octanol–water partition coefficient (Wildman–Crippen LogP) is 2.78. The fourth-order valence-corrected chi connectivity index (χ4v) is 3.12. The Morgan fingerprint density at radius 3 is 2.81 bits per heavy atom. The number of aromatic nitrogens is 3. The van der Waals surface area contributed by atoms with Crippen LogP contribution in [-0.4, -0.2) is 32.6 Å². The van der Waals surface area contributed by atoms with Crippen LogP contribution in [0.15, 0.2) is 14.9 Å². The monoisotopic (exact) mass is 327 g/mol. The Hall–Kier alpha value is -1.61. The van der Waals surface area contributed by atoms with Crippen LogP contribution in [0.1, 0.15) is 26.5 Å². The Bertz CT molecular complexity index is 617. The molecule has 0 fully saturated rings. The second kappa shape index (κ2) is 6.44. The molecule has 1 amide bonds. The highest BCUT2D eigenvalue weighted by atomic mass is 32.2. The van der Waals surface area contributed by atoms with E-state index in [1.165, 1.54) is 23.1 Å². The molecule has 0 aromatic carbocycles. The SMILES string of the molecule is Cc1cc(NC(=O)CSc2nnc(NC(C)(C)C)s2)on1. The molecular weight excluding hydrogens is 310 g/mol. The molecule has 2 rings (SSSR count). The van der Waals surface area contributed by atoms with Gasteiger partial charge in [0.05, 0.1) is 11.4 Å². The fourth-order valence-electron chi connectivity index (χ4n) is 1.36. The van der Waals surface area contributed by atoms with Crippen molar-refractivity contribution in [3.63, 3.8) is 0 Å². The van der Waals surface area contributed by atoms with Gasteiger partial charge in [0.25, 0.3) is 0 Å². The van der Waals surface area contributed by atoms with Gasteiger partial charge < -0.3 is 9.84 Å². The summed E-state index contributed by atoms with van der Waals surface area (Å²) in [6.45, 7) is 7.94. The maximum Gasteiger partial charge on any atom is 0.237 e. The van der Waals surface area contributed by atoms with E-state index < -0.39 is 0 Å². The Morgan fingerprint density at radius 2 is 2.19 bits per heavy atom. The maximum absolute atomic E-state index is 11.8. The zero-order chi connectivity index (χ0) is 15.5. The van der Waals surface area contributed by atoms with Crippen LogP contribution in [-0.2, 0) is 4.79 Å². The minimum Gasteiger partial charge on any atom is -0.355 e. The smallest absolute Gasteiger partial charge is 0.237 e. The number of anilines is 2. The van der Waals surface area contributed by atoms with E-state index in [1.54, 1.807) is 13.0 Å². The number of aryl methyl sites for hydroxylation is 1. The van der Waals surface area contributed by atoms with Crippen molar-refractivity contribution in [2.75, 3.05) is 16.4 Å². The van der Waals surface area contributed by atoms with Gasteiger partial charge in [0, 0.05) is 11.6 Å². The number of carbonyl (C=O) groups is 1. The molecule has 2 aromatic rings. The molecule has 0 atom stereocenters. The van der Waals surface area contributed by atoms with Crippen LogP contribution < -0.4 is 10.6 Å². The number of hydrogen-bond acceptors (Lipinski definition) is 8. The fraction of sp³-hybridized carbons (Fsp3) is 0.500. The molecule has 0 aliphatic carbocycles. The van der Waals surface area contributed by atoms with Crippen LogP contribution in [0.3, 0.4) is 0 Å². The molecule has 0 aliphatic rings. The van der Waals surface area contributed by atoms with Gasteiger partial charge in [0.1, 0.15) is 0 Å². The van der Waals surface area contributed by atoms with E-state index in [4.69, 9.17) is 4.52 Å². The van der Waals surface area contributed by atoms with E-state index in [-0.39, 0.29) is 17.2 Å². The Balaban J connectivity index is 1.81. The van der Waals surface area contributed by atoms with Gasteiger partial charge in [0.15, 0.2) is 4.34 Å². The number of rotatable bonds is 5. The highest BCUT2D eigenvalue weighted by Crippen LogP contribution is 2.27. The summed E-state index contributed by atoms with van der Waals surface area (Å²) in [5.41, 5.74) is 0.656. The first-order valence-electron chi connectivity index (χ1n) is 6.29. The van der Waals surface area contributed by atoms with Crippen molar-refractivity contribution in [3.05, 3.63) is 11.8 Å². The first-order chi connectivity index (χ1) is 9.82. The van der Waals surface area contributed by atoms with E-state index in [0.717, 1.165) is 15.2 Å². The standard InChI is InChI=1S/C12H17N5O2S2/c1-7-5-9(19-17-7)13-8(18)6-20-11-16-15-10(21-11)14-12(2,3)4/h5H,6H2,1-4H3,(H,13,18)(H,14,15). The van der Waals surface area contributed by atoms with Crippen LogP contribution >= 0.6 is 23.1 Å². The number of carbonyl (C=O) groups excluding carboxylic acids is 1. The summed E-state index contributed by atoms with van der Waals surface area (Å²) in [5, 5.41) is 18.4. The van der Waals surface area contributed by atoms with Gasteiger partial charge in [-0.2, -0.15) is 0 Å². The van der Waals surface area contributed by atoms with Crippen molar-refractivity contribution >= 4 is 40.0 Å². The molecule has 2 N–H and O–H groups in total. The first kappa shape index (κ1) is 15.8. The van der Waals surface area contributed by atoms with Crippen LogP contribution in [0.5, 0.6) is 0 Å². The van der Waals surface area contributed by atoms with E-state index in [9.17, 15) is 4.79 Å². The molecule has 0 saturated heterocycles. The zero-order valence-corrected chi connectivity index (χ0v) is 13.9. The molecule has 0 unspecified atom stereocenters. The van der Waals surface area contributed by atoms with Crippen molar-refractivity contribution in [2.24, 2.45) is 0 Å². The average Bonchev–Trinajstić information content (AvgIpc) is 2.94. The third-order valence-electron chi connectivity index (χ3n) is 2.11. The van der Waals surface area contributed by atoms with Crippen LogP contribution in [0, 0.1) is 6.92 Å². The topological polar surface area (TPSA) is 92.9 Å². The van der Waals surface area contributed by atoms with Gasteiger partial charge in [-0.15, -0.1) is 10.2 Å². The summed E-state index contributed by atoms with van der Waals surface area (Å²) in [4.78, 5) is 11.8. The molecule has 2 aromatic heterocycles. The number of amides is 1. The summed E-state index contributed by atoms with van der Waals surface area (Å²) < 4.78 is 5.66. The summed E-state index contributed by atoms with van der Waals surface area (Å²) in [5.74, 6) is 0.423. The number of nitrogens with one attached hydrogen (secondary N) is 2. The lowest BCUT2D eigenvalue weighted by atomic mass is 10.1. The molecule has 0 aliphatic heterocycles.